The molecule has 1 aliphatic rings. The summed E-state index contributed by atoms with van der Waals surface area (Å²) in [5.41, 5.74) is 1.07. The highest BCUT2D eigenvalue weighted by molar-refractivity contribution is 7.09. The smallest absolute Gasteiger partial charge is 0.233 e. The molecule has 5 nitrogen and oxygen atoms in total. The van der Waals surface area contributed by atoms with Crippen molar-refractivity contribution in [2.75, 3.05) is 11.9 Å². The minimum Gasteiger partial charge on any atom is -0.492 e. The van der Waals surface area contributed by atoms with Crippen LogP contribution in [0.15, 0.2) is 24.3 Å². The van der Waals surface area contributed by atoms with E-state index in [0.717, 1.165) is 11.3 Å². The Balaban J connectivity index is 1.69. The monoisotopic (exact) mass is 275 g/mol. The number of aryl methyl sites for hydroxylation is 1. The number of nitrogens with one attached hydrogen (secondary N) is 1. The number of anilines is 1. The molecule has 2 heterocycles. The van der Waals surface area contributed by atoms with Gasteiger partial charge in [-0.15, -0.1) is 0 Å². The van der Waals surface area contributed by atoms with E-state index in [-0.39, 0.29) is 11.8 Å². The van der Waals surface area contributed by atoms with Crippen LogP contribution in [0.25, 0.3) is 0 Å². The summed E-state index contributed by atoms with van der Waals surface area (Å²) in [6, 6.07) is 7.81. The largest absolute Gasteiger partial charge is 0.492 e. The van der Waals surface area contributed by atoms with Gasteiger partial charge in [0.25, 0.3) is 0 Å². The highest BCUT2D eigenvalue weighted by Crippen LogP contribution is 2.27. The Morgan fingerprint density at radius 1 is 1.47 bits per heavy atom. The molecule has 0 aliphatic carbocycles. The lowest BCUT2D eigenvalue weighted by Crippen LogP contribution is -2.32. The Morgan fingerprint density at radius 2 is 2.32 bits per heavy atom. The van der Waals surface area contributed by atoms with Gasteiger partial charge in [-0.2, -0.15) is 4.37 Å². The average Bonchev–Trinajstić information content (AvgIpc) is 2.83. The van der Waals surface area contributed by atoms with E-state index in [9.17, 15) is 4.79 Å². The Hall–Kier alpha value is -1.95. The van der Waals surface area contributed by atoms with E-state index in [1.807, 2.05) is 24.3 Å². The third-order valence-corrected chi connectivity index (χ3v) is 3.73. The summed E-state index contributed by atoms with van der Waals surface area (Å²) in [5, 5.41) is 3.33. The molecule has 0 spiro atoms. The van der Waals surface area contributed by atoms with Gasteiger partial charge < -0.3 is 10.1 Å². The molecule has 0 saturated carbocycles. The maximum atomic E-state index is 12.1. The van der Waals surface area contributed by atoms with Crippen molar-refractivity contribution in [1.82, 2.24) is 9.36 Å². The molecule has 0 bridgehead atoms. The van der Waals surface area contributed by atoms with Crippen LogP contribution in [0, 0.1) is 12.8 Å². The highest BCUT2D eigenvalue weighted by Gasteiger charge is 2.26. The molecule has 1 atom stereocenters. The van der Waals surface area contributed by atoms with E-state index in [2.05, 4.69) is 14.7 Å². The number of ether oxygens (including phenoxy) is 1. The molecule has 1 unspecified atom stereocenters. The predicted octanol–water partition coefficient (Wildman–Crippen LogP) is 2.04. The first-order chi connectivity index (χ1) is 9.22. The molecule has 6 heteroatoms. The fraction of sp³-hybridized carbons (Fsp3) is 0.308. The van der Waals surface area contributed by atoms with Crippen LogP contribution in [0.2, 0.25) is 0 Å². The van der Waals surface area contributed by atoms with Crippen molar-refractivity contribution in [2.45, 2.75) is 13.3 Å². The molecule has 0 fully saturated rings. The van der Waals surface area contributed by atoms with E-state index in [0.29, 0.717) is 24.0 Å². The lowest BCUT2D eigenvalue weighted by Gasteiger charge is -2.23. The Labute approximate surface area is 114 Å². The Kier molecular flexibility index (Phi) is 3.16. The van der Waals surface area contributed by atoms with E-state index < -0.39 is 0 Å². The predicted molar refractivity (Wildman–Crippen MR) is 72.4 cm³/mol. The molecule has 0 saturated heterocycles. The van der Waals surface area contributed by atoms with Gasteiger partial charge in [0.05, 0.1) is 5.92 Å². The van der Waals surface area contributed by atoms with Crippen molar-refractivity contribution in [3.8, 4) is 5.75 Å². The van der Waals surface area contributed by atoms with Crippen molar-refractivity contribution >= 4 is 22.6 Å². The number of hydrogen-bond donors (Lipinski definition) is 1. The van der Waals surface area contributed by atoms with Crippen LogP contribution in [-0.4, -0.2) is 21.9 Å². The zero-order valence-corrected chi connectivity index (χ0v) is 11.2. The number of nitrogens with zero attached hydrogens (tertiary/aromatic N) is 2. The molecule has 1 N–H and O–H groups in total. The Bertz CT molecular complexity index is 611. The van der Waals surface area contributed by atoms with E-state index in [4.69, 9.17) is 4.74 Å². The quantitative estimate of drug-likeness (QED) is 0.911. The van der Waals surface area contributed by atoms with Gasteiger partial charge in [0, 0.05) is 11.5 Å². The highest BCUT2D eigenvalue weighted by atomic mass is 32.1. The number of carbonyl (C=O) groups is 1. The first-order valence-corrected chi connectivity index (χ1v) is 6.81. The van der Waals surface area contributed by atoms with Crippen LogP contribution in [0.4, 0.5) is 5.13 Å². The molecule has 0 radical (unpaired) electrons. The van der Waals surface area contributed by atoms with Crippen molar-refractivity contribution in [3.05, 3.63) is 35.7 Å². The fourth-order valence-corrected chi connectivity index (χ4v) is 2.63. The second-order valence-electron chi connectivity index (χ2n) is 4.46. The number of rotatable bonds is 2. The fourth-order valence-electron chi connectivity index (χ4n) is 2.05. The normalized spacial score (nSPS) is 17.4. The van der Waals surface area contributed by atoms with Gasteiger partial charge in [0.15, 0.2) is 0 Å². The summed E-state index contributed by atoms with van der Waals surface area (Å²) >= 11 is 1.19. The topological polar surface area (TPSA) is 64.1 Å². The summed E-state index contributed by atoms with van der Waals surface area (Å²) in [6.07, 6.45) is 0.694. The van der Waals surface area contributed by atoms with Crippen molar-refractivity contribution in [1.29, 1.82) is 0 Å². The summed E-state index contributed by atoms with van der Waals surface area (Å²) in [6.45, 7) is 2.20. The van der Waals surface area contributed by atoms with Gasteiger partial charge in [-0.05, 0) is 25.0 Å². The molecule has 19 heavy (non-hydrogen) atoms. The third kappa shape index (κ3) is 2.58. The van der Waals surface area contributed by atoms with Gasteiger partial charge in [-0.1, -0.05) is 18.2 Å². The maximum absolute atomic E-state index is 12.1. The summed E-state index contributed by atoms with van der Waals surface area (Å²) < 4.78 is 9.64. The minimum absolute atomic E-state index is 0.0642. The summed E-state index contributed by atoms with van der Waals surface area (Å²) in [5.74, 6) is 1.30. The molecule has 1 amide bonds. The van der Waals surface area contributed by atoms with Crippen LogP contribution < -0.4 is 10.1 Å². The van der Waals surface area contributed by atoms with Gasteiger partial charge in [0.1, 0.15) is 18.2 Å². The number of hydrogen-bond acceptors (Lipinski definition) is 5. The number of benzene rings is 1. The van der Waals surface area contributed by atoms with Crippen LogP contribution >= 0.6 is 11.5 Å². The molecule has 2 aromatic rings. The number of fused-ring (bicyclic) bond motifs is 1. The van der Waals surface area contributed by atoms with E-state index >= 15 is 0 Å². The first-order valence-electron chi connectivity index (χ1n) is 6.04. The molecular weight excluding hydrogens is 262 g/mol. The SMILES string of the molecule is Cc1nsc(NC(=O)C2COc3ccccc3C2)n1. The second-order valence-corrected chi connectivity index (χ2v) is 5.21. The van der Waals surface area contributed by atoms with Gasteiger partial charge >= 0.3 is 0 Å². The van der Waals surface area contributed by atoms with Crippen molar-refractivity contribution in [3.63, 3.8) is 0 Å². The number of para-hydroxylation sites is 1. The molecule has 1 aliphatic heterocycles. The van der Waals surface area contributed by atoms with Crippen LogP contribution in [0.5, 0.6) is 5.75 Å². The van der Waals surface area contributed by atoms with Gasteiger partial charge in [-0.3, -0.25) is 4.79 Å². The zero-order valence-electron chi connectivity index (χ0n) is 10.4. The number of amides is 1. The third-order valence-electron chi connectivity index (χ3n) is 3.01. The van der Waals surface area contributed by atoms with Crippen molar-refractivity contribution < 1.29 is 9.53 Å². The summed E-state index contributed by atoms with van der Waals surface area (Å²) in [4.78, 5) is 16.3. The second kappa shape index (κ2) is 4.97. The van der Waals surface area contributed by atoms with Crippen LogP contribution in [0.3, 0.4) is 0 Å². The number of carbonyl (C=O) groups excluding carboxylic acids is 1. The standard InChI is InChI=1S/C13H13N3O2S/c1-8-14-13(19-16-8)15-12(17)10-6-9-4-2-3-5-11(9)18-7-10/h2-5,10H,6-7H2,1H3,(H,14,15,16,17). The minimum atomic E-state index is -0.181. The zero-order chi connectivity index (χ0) is 13.2. The van der Waals surface area contributed by atoms with E-state index in [1.54, 1.807) is 6.92 Å². The first kappa shape index (κ1) is 12.1. The van der Waals surface area contributed by atoms with Gasteiger partial charge in [-0.25, -0.2) is 4.98 Å². The van der Waals surface area contributed by atoms with Crippen molar-refractivity contribution in [2.24, 2.45) is 5.92 Å². The Morgan fingerprint density at radius 3 is 3.11 bits per heavy atom. The molecule has 1 aromatic heterocycles. The van der Waals surface area contributed by atoms with Crippen LogP contribution in [-0.2, 0) is 11.2 Å². The average molecular weight is 275 g/mol. The van der Waals surface area contributed by atoms with E-state index in [1.165, 1.54) is 11.5 Å². The molecule has 98 valence electrons. The molecule has 1 aromatic carbocycles. The molecule has 3 rings (SSSR count). The molecular formula is C13H13N3O2S. The summed E-state index contributed by atoms with van der Waals surface area (Å²) in [7, 11) is 0. The van der Waals surface area contributed by atoms with Crippen LogP contribution in [0.1, 0.15) is 11.4 Å². The van der Waals surface area contributed by atoms with Gasteiger partial charge in [0.2, 0.25) is 11.0 Å². The number of aromatic nitrogens is 2. The lowest BCUT2D eigenvalue weighted by atomic mass is 9.96. The maximum Gasteiger partial charge on any atom is 0.233 e. The lowest BCUT2D eigenvalue weighted by molar-refractivity contribution is -0.121.